The van der Waals surface area contributed by atoms with Gasteiger partial charge in [0, 0.05) is 5.56 Å². The summed E-state index contributed by atoms with van der Waals surface area (Å²) < 4.78 is 13.8. The first-order valence-electron chi connectivity index (χ1n) is 4.03. The molecule has 0 aliphatic heterocycles. The van der Waals surface area contributed by atoms with Gasteiger partial charge >= 0.3 is 0 Å². The number of aryl methyl sites for hydroxylation is 1. The average molecular weight is 247 g/mol. The van der Waals surface area contributed by atoms with E-state index < -0.39 is 0 Å². The van der Waals surface area contributed by atoms with Crippen LogP contribution in [-0.2, 0) is 5.41 Å². The number of halogens is 2. The van der Waals surface area contributed by atoms with Gasteiger partial charge in [0.2, 0.25) is 0 Å². The van der Waals surface area contributed by atoms with Crippen LogP contribution in [0.1, 0.15) is 32.0 Å². The first-order valence-corrected chi connectivity index (χ1v) is 4.82. The maximum absolute atomic E-state index is 13.6. The van der Waals surface area contributed by atoms with Crippen LogP contribution in [0.3, 0.4) is 0 Å². The molecule has 1 heterocycles. The zero-order valence-electron chi connectivity index (χ0n) is 8.15. The van der Waals surface area contributed by atoms with Crippen LogP contribution in [0.15, 0.2) is 4.60 Å². The van der Waals surface area contributed by atoms with E-state index in [1.165, 1.54) is 0 Å². The van der Waals surface area contributed by atoms with Crippen molar-refractivity contribution in [3.63, 3.8) is 0 Å². The molecule has 0 aliphatic carbocycles. The van der Waals surface area contributed by atoms with E-state index >= 15 is 0 Å². The Morgan fingerprint density at radius 1 is 1.23 bits per heavy atom. The predicted molar refractivity (Wildman–Crippen MR) is 53.1 cm³/mol. The van der Waals surface area contributed by atoms with Gasteiger partial charge in [0.15, 0.2) is 10.4 Å². The lowest BCUT2D eigenvalue weighted by molar-refractivity contribution is 0.502. The fourth-order valence-electron chi connectivity index (χ4n) is 1.35. The third-order valence-corrected chi connectivity index (χ3v) is 2.31. The van der Waals surface area contributed by atoms with Crippen LogP contribution in [0, 0.1) is 12.7 Å². The highest BCUT2D eigenvalue weighted by molar-refractivity contribution is 9.10. The van der Waals surface area contributed by atoms with Crippen molar-refractivity contribution in [1.29, 1.82) is 0 Å². The van der Waals surface area contributed by atoms with Gasteiger partial charge in [-0.1, -0.05) is 20.8 Å². The molecule has 0 aliphatic rings. The molecule has 0 aromatic carbocycles. The lowest BCUT2D eigenvalue weighted by atomic mass is 9.86. The third kappa shape index (κ3) is 2.05. The maximum Gasteiger partial charge on any atom is 0.164 e. The Bertz CT molecular complexity index is 331. The van der Waals surface area contributed by atoms with E-state index in [0.29, 0.717) is 11.3 Å². The minimum Gasteiger partial charge on any atom is -0.204 e. The number of hydrogen-bond acceptors (Lipinski definition) is 2. The zero-order chi connectivity index (χ0) is 10.2. The lowest BCUT2D eigenvalue weighted by Gasteiger charge is -2.21. The van der Waals surface area contributed by atoms with Crippen LogP contribution < -0.4 is 0 Å². The largest absolute Gasteiger partial charge is 0.204 e. The number of nitrogens with zero attached hydrogens (tertiary/aromatic N) is 2. The van der Waals surface area contributed by atoms with Gasteiger partial charge in [-0.2, -0.15) is 5.10 Å². The molecular weight excluding hydrogens is 235 g/mol. The topological polar surface area (TPSA) is 25.8 Å². The van der Waals surface area contributed by atoms with E-state index in [-0.39, 0.29) is 15.8 Å². The summed E-state index contributed by atoms with van der Waals surface area (Å²) in [5.74, 6) is -0.306. The standard InChI is InChI=1S/C9H12BrFN2/c1-5-6(9(2,3)4)7(11)8(10)13-12-5/h1-4H3. The van der Waals surface area contributed by atoms with Crippen molar-refractivity contribution in [3.8, 4) is 0 Å². The zero-order valence-corrected chi connectivity index (χ0v) is 9.74. The molecule has 4 heteroatoms. The van der Waals surface area contributed by atoms with E-state index in [1.54, 1.807) is 6.92 Å². The summed E-state index contributed by atoms with van der Waals surface area (Å²) in [6.45, 7) is 7.62. The molecule has 0 saturated heterocycles. The molecule has 0 spiro atoms. The smallest absolute Gasteiger partial charge is 0.164 e. The van der Waals surface area contributed by atoms with Gasteiger partial charge in [-0.3, -0.25) is 0 Å². The molecule has 1 aromatic heterocycles. The quantitative estimate of drug-likeness (QED) is 0.704. The highest BCUT2D eigenvalue weighted by atomic mass is 79.9. The Morgan fingerprint density at radius 3 is 2.15 bits per heavy atom. The summed E-state index contributed by atoms with van der Waals surface area (Å²) in [6, 6.07) is 0. The second-order valence-electron chi connectivity index (χ2n) is 4.02. The first-order chi connectivity index (χ1) is 5.84. The molecule has 0 bridgehead atoms. The van der Waals surface area contributed by atoms with Crippen LogP contribution in [0.4, 0.5) is 4.39 Å². The van der Waals surface area contributed by atoms with Gasteiger partial charge in [0.05, 0.1) is 5.69 Å². The van der Waals surface area contributed by atoms with E-state index in [4.69, 9.17) is 0 Å². The highest BCUT2D eigenvalue weighted by Gasteiger charge is 2.23. The van der Waals surface area contributed by atoms with Crippen molar-refractivity contribution in [1.82, 2.24) is 10.2 Å². The van der Waals surface area contributed by atoms with Gasteiger partial charge in [0.1, 0.15) is 0 Å². The average Bonchev–Trinajstić information content (AvgIpc) is 1.95. The Kier molecular flexibility index (Phi) is 2.71. The molecule has 0 N–H and O–H groups in total. The Labute approximate surface area is 85.7 Å². The van der Waals surface area contributed by atoms with E-state index in [2.05, 4.69) is 26.1 Å². The van der Waals surface area contributed by atoms with Gasteiger partial charge in [-0.15, -0.1) is 5.10 Å². The summed E-state index contributed by atoms with van der Waals surface area (Å²) in [6.07, 6.45) is 0. The molecule has 2 nitrogen and oxygen atoms in total. The van der Waals surface area contributed by atoms with Crippen molar-refractivity contribution < 1.29 is 4.39 Å². The number of hydrogen-bond donors (Lipinski definition) is 0. The molecule has 1 aromatic rings. The van der Waals surface area contributed by atoms with Crippen molar-refractivity contribution in [2.75, 3.05) is 0 Å². The summed E-state index contributed by atoms with van der Waals surface area (Å²) in [4.78, 5) is 0. The number of aromatic nitrogens is 2. The summed E-state index contributed by atoms with van der Waals surface area (Å²) in [5.41, 5.74) is 1.02. The van der Waals surface area contributed by atoms with Crippen molar-refractivity contribution in [3.05, 3.63) is 21.7 Å². The van der Waals surface area contributed by atoms with Crippen molar-refractivity contribution in [2.24, 2.45) is 0 Å². The Hall–Kier alpha value is -0.510. The lowest BCUT2D eigenvalue weighted by Crippen LogP contribution is -2.17. The summed E-state index contributed by atoms with van der Waals surface area (Å²) in [5, 5.41) is 7.51. The van der Waals surface area contributed by atoms with E-state index in [9.17, 15) is 4.39 Å². The van der Waals surface area contributed by atoms with Crippen LogP contribution in [0.2, 0.25) is 0 Å². The minimum absolute atomic E-state index is 0.183. The summed E-state index contributed by atoms with van der Waals surface area (Å²) >= 11 is 3.02. The molecule has 72 valence electrons. The molecule has 0 radical (unpaired) electrons. The summed E-state index contributed by atoms with van der Waals surface area (Å²) in [7, 11) is 0. The van der Waals surface area contributed by atoms with Gasteiger partial charge in [-0.05, 0) is 28.3 Å². The van der Waals surface area contributed by atoms with Crippen LogP contribution in [0.5, 0.6) is 0 Å². The first kappa shape index (κ1) is 10.6. The minimum atomic E-state index is -0.306. The number of rotatable bonds is 0. The van der Waals surface area contributed by atoms with Gasteiger partial charge < -0.3 is 0 Å². The fraction of sp³-hybridized carbons (Fsp3) is 0.556. The second kappa shape index (κ2) is 3.33. The normalized spacial score (nSPS) is 11.8. The molecule has 0 amide bonds. The molecule has 13 heavy (non-hydrogen) atoms. The van der Waals surface area contributed by atoms with Crippen LogP contribution in [-0.4, -0.2) is 10.2 Å². The maximum atomic E-state index is 13.6. The van der Waals surface area contributed by atoms with Crippen molar-refractivity contribution >= 4 is 15.9 Å². The highest BCUT2D eigenvalue weighted by Crippen LogP contribution is 2.29. The Morgan fingerprint density at radius 2 is 1.77 bits per heavy atom. The third-order valence-electron chi connectivity index (χ3n) is 1.80. The predicted octanol–water partition coefficient (Wildman–Crippen LogP) is 2.98. The van der Waals surface area contributed by atoms with Crippen LogP contribution >= 0.6 is 15.9 Å². The molecule has 0 fully saturated rings. The van der Waals surface area contributed by atoms with E-state index in [0.717, 1.165) is 0 Å². The fourth-order valence-corrected chi connectivity index (χ4v) is 1.62. The molecule has 0 saturated carbocycles. The van der Waals surface area contributed by atoms with Crippen molar-refractivity contribution in [2.45, 2.75) is 33.1 Å². The monoisotopic (exact) mass is 246 g/mol. The molecule has 0 atom stereocenters. The Balaban J connectivity index is 3.43. The second-order valence-corrected chi connectivity index (χ2v) is 4.77. The van der Waals surface area contributed by atoms with Crippen LogP contribution in [0.25, 0.3) is 0 Å². The SMILES string of the molecule is Cc1nnc(Br)c(F)c1C(C)(C)C. The molecular formula is C9H12BrFN2. The van der Waals surface area contributed by atoms with Gasteiger partial charge in [0.25, 0.3) is 0 Å². The van der Waals surface area contributed by atoms with Gasteiger partial charge in [-0.25, -0.2) is 4.39 Å². The van der Waals surface area contributed by atoms with E-state index in [1.807, 2.05) is 20.8 Å². The molecule has 0 unspecified atom stereocenters. The molecule has 1 rings (SSSR count).